The Hall–Kier alpha value is -2.43. The number of carbonyl (C=O) groups excluding carboxylic acids is 1. The van der Waals surface area contributed by atoms with Crippen molar-refractivity contribution in [1.29, 1.82) is 0 Å². The second-order valence-electron chi connectivity index (χ2n) is 5.55. The van der Waals surface area contributed by atoms with Gasteiger partial charge >= 0.3 is 0 Å². The van der Waals surface area contributed by atoms with E-state index in [-0.39, 0.29) is 5.91 Å². The highest BCUT2D eigenvalue weighted by Gasteiger charge is 2.25. The standard InChI is InChI=1S/C16H16N4O/c21-16(17-12-5-6-12)13-7-8-15(19-18-13)20-10-9-11-3-1-2-4-14(11)20/h1-4,7-8,12H,5-6,9-10H2,(H,17,21). The Balaban J connectivity index is 1.55. The summed E-state index contributed by atoms with van der Waals surface area (Å²) < 4.78 is 0. The summed E-state index contributed by atoms with van der Waals surface area (Å²) in [4.78, 5) is 14.0. The van der Waals surface area contributed by atoms with Crippen molar-refractivity contribution in [2.45, 2.75) is 25.3 Å². The molecule has 2 aromatic rings. The number of fused-ring (bicyclic) bond motifs is 1. The molecule has 0 atom stereocenters. The van der Waals surface area contributed by atoms with Crippen molar-refractivity contribution in [3.05, 3.63) is 47.7 Å². The van der Waals surface area contributed by atoms with Crippen molar-refractivity contribution in [3.8, 4) is 0 Å². The van der Waals surface area contributed by atoms with E-state index in [0.29, 0.717) is 11.7 Å². The monoisotopic (exact) mass is 280 g/mol. The summed E-state index contributed by atoms with van der Waals surface area (Å²) in [6, 6.07) is 12.3. The average molecular weight is 280 g/mol. The fraction of sp³-hybridized carbons (Fsp3) is 0.312. The topological polar surface area (TPSA) is 58.1 Å². The van der Waals surface area contributed by atoms with E-state index in [1.807, 2.05) is 12.1 Å². The van der Waals surface area contributed by atoms with E-state index < -0.39 is 0 Å². The van der Waals surface area contributed by atoms with Crippen molar-refractivity contribution >= 4 is 17.4 Å². The molecule has 21 heavy (non-hydrogen) atoms. The number of aromatic nitrogens is 2. The molecule has 5 nitrogen and oxygen atoms in total. The zero-order valence-electron chi connectivity index (χ0n) is 11.6. The van der Waals surface area contributed by atoms with Crippen LogP contribution in [0.3, 0.4) is 0 Å². The molecule has 1 aromatic heterocycles. The molecular formula is C16H16N4O. The number of nitrogens with one attached hydrogen (secondary N) is 1. The quantitative estimate of drug-likeness (QED) is 0.935. The predicted molar refractivity (Wildman–Crippen MR) is 79.7 cm³/mol. The molecule has 0 bridgehead atoms. The number of anilines is 2. The van der Waals surface area contributed by atoms with Crippen LogP contribution in [0.5, 0.6) is 0 Å². The van der Waals surface area contributed by atoms with Gasteiger partial charge in [-0.15, -0.1) is 10.2 Å². The minimum absolute atomic E-state index is 0.127. The van der Waals surface area contributed by atoms with E-state index >= 15 is 0 Å². The maximum atomic E-state index is 11.9. The van der Waals surface area contributed by atoms with Gasteiger partial charge in [0.1, 0.15) is 0 Å². The number of hydrogen-bond acceptors (Lipinski definition) is 4. The number of benzene rings is 1. The second-order valence-corrected chi connectivity index (χ2v) is 5.55. The largest absolute Gasteiger partial charge is 0.348 e. The van der Waals surface area contributed by atoms with Crippen LogP contribution >= 0.6 is 0 Å². The molecule has 1 aliphatic heterocycles. The van der Waals surface area contributed by atoms with Crippen LogP contribution in [0.25, 0.3) is 0 Å². The first kappa shape index (κ1) is 12.3. The lowest BCUT2D eigenvalue weighted by atomic mass is 10.2. The lowest BCUT2D eigenvalue weighted by Crippen LogP contribution is -2.26. The minimum atomic E-state index is -0.127. The summed E-state index contributed by atoms with van der Waals surface area (Å²) in [7, 11) is 0. The molecule has 0 saturated heterocycles. The number of rotatable bonds is 3. The van der Waals surface area contributed by atoms with Gasteiger partial charge in [0, 0.05) is 18.3 Å². The zero-order valence-corrected chi connectivity index (χ0v) is 11.6. The molecule has 1 fully saturated rings. The second kappa shape index (κ2) is 4.84. The predicted octanol–water partition coefficient (Wildman–Crippen LogP) is 2.06. The van der Waals surface area contributed by atoms with Crippen LogP contribution in [0.1, 0.15) is 28.9 Å². The van der Waals surface area contributed by atoms with Crippen molar-refractivity contribution < 1.29 is 4.79 Å². The summed E-state index contributed by atoms with van der Waals surface area (Å²) >= 11 is 0. The smallest absolute Gasteiger partial charge is 0.272 e. The molecular weight excluding hydrogens is 264 g/mol. The highest BCUT2D eigenvalue weighted by atomic mass is 16.2. The Labute approximate surface area is 123 Å². The van der Waals surface area contributed by atoms with Crippen molar-refractivity contribution in [3.63, 3.8) is 0 Å². The van der Waals surface area contributed by atoms with Gasteiger partial charge in [0.25, 0.3) is 5.91 Å². The molecule has 1 N–H and O–H groups in total. The Bertz CT molecular complexity index is 679. The third-order valence-electron chi connectivity index (χ3n) is 3.96. The maximum absolute atomic E-state index is 11.9. The van der Waals surface area contributed by atoms with Gasteiger partial charge in [-0.3, -0.25) is 4.79 Å². The number of amides is 1. The molecule has 1 amide bonds. The highest BCUT2D eigenvalue weighted by molar-refractivity contribution is 5.92. The van der Waals surface area contributed by atoms with Crippen LogP contribution in [0.4, 0.5) is 11.5 Å². The van der Waals surface area contributed by atoms with Crippen LogP contribution < -0.4 is 10.2 Å². The molecule has 1 aliphatic carbocycles. The van der Waals surface area contributed by atoms with Gasteiger partial charge in [-0.25, -0.2) is 0 Å². The lowest BCUT2D eigenvalue weighted by Gasteiger charge is -2.17. The molecule has 0 radical (unpaired) electrons. The molecule has 2 heterocycles. The Kier molecular flexibility index (Phi) is 2.84. The fourth-order valence-electron chi connectivity index (χ4n) is 2.65. The molecule has 0 spiro atoms. The van der Waals surface area contributed by atoms with Crippen LogP contribution in [-0.2, 0) is 6.42 Å². The van der Waals surface area contributed by atoms with Gasteiger partial charge in [0.05, 0.1) is 0 Å². The summed E-state index contributed by atoms with van der Waals surface area (Å²) in [5.41, 5.74) is 2.90. The van der Waals surface area contributed by atoms with E-state index in [0.717, 1.165) is 31.6 Å². The molecule has 5 heteroatoms. The van der Waals surface area contributed by atoms with Crippen LogP contribution in [-0.4, -0.2) is 28.7 Å². The van der Waals surface area contributed by atoms with E-state index in [2.05, 4.69) is 38.6 Å². The number of carbonyl (C=O) groups is 1. The van der Waals surface area contributed by atoms with Gasteiger partial charge in [0.2, 0.25) is 0 Å². The van der Waals surface area contributed by atoms with E-state index in [9.17, 15) is 4.79 Å². The normalized spacial score (nSPS) is 16.7. The van der Waals surface area contributed by atoms with Crippen molar-refractivity contribution in [1.82, 2.24) is 15.5 Å². The third-order valence-corrected chi connectivity index (χ3v) is 3.96. The van der Waals surface area contributed by atoms with Gasteiger partial charge in [-0.2, -0.15) is 0 Å². The van der Waals surface area contributed by atoms with Gasteiger partial charge in [0.15, 0.2) is 11.5 Å². The number of hydrogen-bond donors (Lipinski definition) is 1. The van der Waals surface area contributed by atoms with Crippen molar-refractivity contribution in [2.75, 3.05) is 11.4 Å². The van der Waals surface area contributed by atoms with E-state index in [1.54, 1.807) is 6.07 Å². The first-order chi connectivity index (χ1) is 10.3. The fourth-order valence-corrected chi connectivity index (χ4v) is 2.65. The first-order valence-electron chi connectivity index (χ1n) is 7.31. The minimum Gasteiger partial charge on any atom is -0.348 e. The Morgan fingerprint density at radius 3 is 2.76 bits per heavy atom. The van der Waals surface area contributed by atoms with Crippen LogP contribution in [0.15, 0.2) is 36.4 Å². The summed E-state index contributed by atoms with van der Waals surface area (Å²) in [5.74, 6) is 0.668. The summed E-state index contributed by atoms with van der Waals surface area (Å²) in [5, 5.41) is 11.2. The van der Waals surface area contributed by atoms with Gasteiger partial charge < -0.3 is 10.2 Å². The Morgan fingerprint density at radius 1 is 1.14 bits per heavy atom. The molecule has 1 saturated carbocycles. The summed E-state index contributed by atoms with van der Waals surface area (Å²) in [6.07, 6.45) is 3.16. The first-order valence-corrected chi connectivity index (χ1v) is 7.31. The zero-order chi connectivity index (χ0) is 14.2. The van der Waals surface area contributed by atoms with E-state index in [4.69, 9.17) is 0 Å². The van der Waals surface area contributed by atoms with Gasteiger partial charge in [-0.05, 0) is 43.0 Å². The molecule has 106 valence electrons. The Morgan fingerprint density at radius 2 is 2.00 bits per heavy atom. The summed E-state index contributed by atoms with van der Waals surface area (Å²) in [6.45, 7) is 0.904. The highest BCUT2D eigenvalue weighted by Crippen LogP contribution is 2.32. The van der Waals surface area contributed by atoms with Crippen LogP contribution in [0, 0.1) is 0 Å². The molecule has 0 unspecified atom stereocenters. The van der Waals surface area contributed by atoms with Crippen molar-refractivity contribution in [2.24, 2.45) is 0 Å². The van der Waals surface area contributed by atoms with Crippen LogP contribution in [0.2, 0.25) is 0 Å². The molecule has 1 aromatic carbocycles. The van der Waals surface area contributed by atoms with E-state index in [1.165, 1.54) is 11.3 Å². The average Bonchev–Trinajstić information content (AvgIpc) is 3.23. The number of para-hydroxylation sites is 1. The SMILES string of the molecule is O=C(NC1CC1)c1ccc(N2CCc3ccccc32)nn1. The van der Waals surface area contributed by atoms with Gasteiger partial charge in [-0.1, -0.05) is 18.2 Å². The number of nitrogens with zero attached hydrogens (tertiary/aromatic N) is 3. The molecule has 2 aliphatic rings. The third kappa shape index (κ3) is 2.35. The lowest BCUT2D eigenvalue weighted by molar-refractivity contribution is 0.0945. The molecule has 4 rings (SSSR count). The maximum Gasteiger partial charge on any atom is 0.272 e.